The van der Waals surface area contributed by atoms with Crippen LogP contribution in [0, 0.1) is 21.4 Å². The molecule has 1 saturated carbocycles. The molecule has 0 spiro atoms. The smallest absolute Gasteiger partial charge is 0.315 e. The minimum atomic E-state index is -0.710. The SMILES string of the molecule is N#CC1(N=CC=C(N)[N+](=O)[O-])CC1. The molecule has 1 fully saturated rings. The second kappa shape index (κ2) is 3.23. The predicted molar refractivity (Wildman–Crippen MR) is 45.3 cm³/mol. The van der Waals surface area contributed by atoms with Crippen molar-refractivity contribution in [3.8, 4) is 6.07 Å². The number of nitro groups is 1. The van der Waals surface area contributed by atoms with Crippen molar-refractivity contribution < 1.29 is 4.92 Å². The number of nitriles is 1. The highest BCUT2D eigenvalue weighted by Gasteiger charge is 2.42. The predicted octanol–water partition coefficient (Wildman–Crippen LogP) is 0.190. The fraction of sp³-hybridized carbons (Fsp3) is 0.429. The molecule has 2 N–H and O–H groups in total. The van der Waals surface area contributed by atoms with Gasteiger partial charge >= 0.3 is 5.82 Å². The number of hydrogen-bond donors (Lipinski definition) is 1. The van der Waals surface area contributed by atoms with Crippen molar-refractivity contribution in [2.75, 3.05) is 0 Å². The summed E-state index contributed by atoms with van der Waals surface area (Å²) in [7, 11) is 0. The van der Waals surface area contributed by atoms with Gasteiger partial charge in [0.05, 0.1) is 6.07 Å². The highest BCUT2D eigenvalue weighted by Crippen LogP contribution is 2.38. The first kappa shape index (κ1) is 9.19. The number of nitrogens with zero attached hydrogens (tertiary/aromatic N) is 3. The van der Waals surface area contributed by atoms with E-state index < -0.39 is 16.3 Å². The molecular formula is C7H8N4O2. The van der Waals surface area contributed by atoms with E-state index in [0.717, 1.165) is 6.08 Å². The third-order valence-corrected chi connectivity index (χ3v) is 1.71. The maximum Gasteiger partial charge on any atom is 0.315 e. The molecule has 1 aliphatic rings. The average molecular weight is 180 g/mol. The molecule has 0 aromatic carbocycles. The first-order chi connectivity index (χ1) is 6.09. The van der Waals surface area contributed by atoms with Crippen molar-refractivity contribution in [3.63, 3.8) is 0 Å². The first-order valence-corrected chi connectivity index (χ1v) is 3.66. The van der Waals surface area contributed by atoms with Gasteiger partial charge in [-0.25, -0.2) is 0 Å². The van der Waals surface area contributed by atoms with Gasteiger partial charge in [0.1, 0.15) is 5.54 Å². The summed E-state index contributed by atoms with van der Waals surface area (Å²) >= 11 is 0. The van der Waals surface area contributed by atoms with Crippen LogP contribution in [0.5, 0.6) is 0 Å². The third kappa shape index (κ3) is 2.27. The maximum atomic E-state index is 10.0. The molecule has 0 unspecified atom stereocenters. The number of aliphatic imine (C=N–C) groups is 1. The molecule has 0 bridgehead atoms. The molecule has 0 saturated heterocycles. The van der Waals surface area contributed by atoms with E-state index in [1.165, 1.54) is 6.21 Å². The van der Waals surface area contributed by atoms with Crippen LogP contribution in [0.1, 0.15) is 12.8 Å². The lowest BCUT2D eigenvalue weighted by atomic mass is 10.3. The molecule has 13 heavy (non-hydrogen) atoms. The van der Waals surface area contributed by atoms with E-state index in [9.17, 15) is 10.1 Å². The van der Waals surface area contributed by atoms with Gasteiger partial charge in [0.25, 0.3) is 0 Å². The van der Waals surface area contributed by atoms with Gasteiger partial charge in [0, 0.05) is 12.3 Å². The van der Waals surface area contributed by atoms with Gasteiger partial charge in [0.2, 0.25) is 0 Å². The Morgan fingerprint density at radius 3 is 2.77 bits per heavy atom. The minimum Gasteiger partial charge on any atom is -0.358 e. The zero-order valence-corrected chi connectivity index (χ0v) is 6.80. The Kier molecular flexibility index (Phi) is 2.28. The number of allylic oxidation sites excluding steroid dienone is 1. The molecule has 0 atom stereocenters. The van der Waals surface area contributed by atoms with Crippen molar-refractivity contribution in [2.24, 2.45) is 10.7 Å². The van der Waals surface area contributed by atoms with Crippen molar-refractivity contribution in [1.82, 2.24) is 0 Å². The molecule has 6 nitrogen and oxygen atoms in total. The van der Waals surface area contributed by atoms with Gasteiger partial charge in [-0.3, -0.25) is 10.7 Å². The van der Waals surface area contributed by atoms with E-state index in [1.807, 2.05) is 6.07 Å². The molecule has 0 heterocycles. The van der Waals surface area contributed by atoms with Crippen molar-refractivity contribution >= 4 is 6.21 Å². The highest BCUT2D eigenvalue weighted by atomic mass is 16.6. The van der Waals surface area contributed by atoms with E-state index in [1.54, 1.807) is 0 Å². The standard InChI is InChI=1S/C7H8N4O2/c8-5-7(2-3-7)10-4-1-6(9)11(12)13/h1,4H,2-3,9H2. The molecule has 1 aliphatic carbocycles. The van der Waals surface area contributed by atoms with Crippen LogP contribution in [-0.2, 0) is 0 Å². The van der Waals surface area contributed by atoms with Gasteiger partial charge in [-0.15, -0.1) is 0 Å². The molecule has 0 radical (unpaired) electrons. The van der Waals surface area contributed by atoms with E-state index in [4.69, 9.17) is 11.0 Å². The van der Waals surface area contributed by atoms with Crippen LogP contribution < -0.4 is 5.73 Å². The Bertz CT molecular complexity index is 322. The van der Waals surface area contributed by atoms with Crippen molar-refractivity contribution in [1.29, 1.82) is 5.26 Å². The quantitative estimate of drug-likeness (QED) is 0.380. The van der Waals surface area contributed by atoms with Crippen LogP contribution in [0.2, 0.25) is 0 Å². The second-order valence-electron chi connectivity index (χ2n) is 2.77. The monoisotopic (exact) mass is 180 g/mol. The van der Waals surface area contributed by atoms with Crippen molar-refractivity contribution in [2.45, 2.75) is 18.4 Å². The summed E-state index contributed by atoms with van der Waals surface area (Å²) in [6.45, 7) is 0. The number of hydrogen-bond acceptors (Lipinski definition) is 5. The fourth-order valence-corrected chi connectivity index (χ4v) is 0.705. The lowest BCUT2D eigenvalue weighted by Crippen LogP contribution is -2.09. The van der Waals surface area contributed by atoms with Gasteiger partial charge in [-0.05, 0) is 17.8 Å². The Labute approximate surface area is 74.5 Å². The van der Waals surface area contributed by atoms with Gasteiger partial charge < -0.3 is 10.1 Å². The molecule has 68 valence electrons. The fourth-order valence-electron chi connectivity index (χ4n) is 0.705. The summed E-state index contributed by atoms with van der Waals surface area (Å²) in [6.07, 6.45) is 3.73. The van der Waals surface area contributed by atoms with Crippen LogP contribution in [-0.4, -0.2) is 16.7 Å². The normalized spacial score (nSPS) is 19.8. The van der Waals surface area contributed by atoms with Crippen LogP contribution >= 0.6 is 0 Å². The molecular weight excluding hydrogens is 172 g/mol. The van der Waals surface area contributed by atoms with Gasteiger partial charge in [-0.1, -0.05) is 0 Å². The Balaban J connectivity index is 2.56. The first-order valence-electron chi connectivity index (χ1n) is 3.66. The van der Waals surface area contributed by atoms with Crippen LogP contribution in [0.4, 0.5) is 0 Å². The van der Waals surface area contributed by atoms with Crippen molar-refractivity contribution in [3.05, 3.63) is 22.0 Å². The number of nitrogens with two attached hydrogens (primary N) is 1. The molecule has 0 amide bonds. The Morgan fingerprint density at radius 1 is 1.77 bits per heavy atom. The molecule has 0 aromatic heterocycles. The van der Waals surface area contributed by atoms with E-state index in [0.29, 0.717) is 12.8 Å². The Hall–Kier alpha value is -1.90. The van der Waals surface area contributed by atoms with E-state index in [-0.39, 0.29) is 0 Å². The van der Waals surface area contributed by atoms with Gasteiger partial charge in [-0.2, -0.15) is 5.26 Å². The maximum absolute atomic E-state index is 10.0. The van der Waals surface area contributed by atoms with Crippen LogP contribution in [0.3, 0.4) is 0 Å². The summed E-state index contributed by atoms with van der Waals surface area (Å²) in [6, 6.07) is 2.02. The van der Waals surface area contributed by atoms with E-state index >= 15 is 0 Å². The van der Waals surface area contributed by atoms with Gasteiger partial charge in [0.15, 0.2) is 0 Å². The zero-order valence-electron chi connectivity index (χ0n) is 6.80. The number of rotatable bonds is 3. The van der Waals surface area contributed by atoms with Crippen LogP contribution in [0.25, 0.3) is 0 Å². The molecule has 0 aliphatic heterocycles. The molecule has 0 aromatic rings. The zero-order chi connectivity index (χ0) is 9.90. The summed E-state index contributed by atoms with van der Waals surface area (Å²) in [5.74, 6) is -0.475. The second-order valence-corrected chi connectivity index (χ2v) is 2.77. The topological polar surface area (TPSA) is 105 Å². The third-order valence-electron chi connectivity index (χ3n) is 1.71. The largest absolute Gasteiger partial charge is 0.358 e. The summed E-state index contributed by atoms with van der Waals surface area (Å²) in [4.78, 5) is 13.2. The summed E-state index contributed by atoms with van der Waals surface area (Å²) in [5, 5.41) is 18.6. The molecule has 6 heteroatoms. The Morgan fingerprint density at radius 2 is 2.38 bits per heavy atom. The van der Waals surface area contributed by atoms with Crippen LogP contribution in [0.15, 0.2) is 16.9 Å². The lowest BCUT2D eigenvalue weighted by Gasteiger charge is -1.93. The lowest BCUT2D eigenvalue weighted by molar-refractivity contribution is -0.426. The molecule has 1 rings (SSSR count). The van der Waals surface area contributed by atoms with E-state index in [2.05, 4.69) is 4.99 Å². The summed E-state index contributed by atoms with van der Waals surface area (Å²) < 4.78 is 0. The highest BCUT2D eigenvalue weighted by molar-refractivity contribution is 5.72. The average Bonchev–Trinajstić information content (AvgIpc) is 2.85. The minimum absolute atomic E-state index is 0.475. The summed E-state index contributed by atoms with van der Waals surface area (Å²) in [5.41, 5.74) is 4.36.